The second-order valence-corrected chi connectivity index (χ2v) is 6.73. The molecular weight excluding hydrogens is 392 g/mol. The molecule has 2 rings (SSSR count). The highest BCUT2D eigenvalue weighted by Gasteiger charge is 2.14. The molecule has 0 aliphatic heterocycles. The van der Waals surface area contributed by atoms with Crippen molar-refractivity contribution in [2.24, 2.45) is 0 Å². The van der Waals surface area contributed by atoms with Gasteiger partial charge in [0, 0.05) is 15.4 Å². The lowest BCUT2D eigenvalue weighted by atomic mass is 10.2. The Hall–Kier alpha value is -0.590. The lowest BCUT2D eigenvalue weighted by molar-refractivity contribution is 0.412. The number of methoxy groups -OCH3 is 1. The van der Waals surface area contributed by atoms with Gasteiger partial charge in [-0.1, -0.05) is 0 Å². The Bertz CT molecular complexity index is 586. The van der Waals surface area contributed by atoms with E-state index in [1.807, 2.05) is 24.6 Å². The van der Waals surface area contributed by atoms with Gasteiger partial charge in [0.2, 0.25) is 0 Å². The summed E-state index contributed by atoms with van der Waals surface area (Å²) in [6.07, 6.45) is 0. The summed E-state index contributed by atoms with van der Waals surface area (Å²) in [5.41, 5.74) is 3.95. The number of aryl methyl sites for hydroxylation is 1. The van der Waals surface area contributed by atoms with Gasteiger partial charge in [-0.15, -0.1) is 11.3 Å². The number of benzene rings is 1. The minimum atomic E-state index is 0.203. The van der Waals surface area contributed by atoms with Gasteiger partial charge in [-0.25, -0.2) is 4.98 Å². The first kappa shape index (κ1) is 14.8. The fraction of sp³-hybridized carbons (Fsp3) is 0.308. The molecule has 2 aromatic rings. The van der Waals surface area contributed by atoms with E-state index in [1.165, 1.54) is 4.88 Å². The molecule has 1 unspecified atom stereocenters. The molecule has 0 saturated heterocycles. The zero-order valence-corrected chi connectivity index (χ0v) is 14.8. The molecule has 0 amide bonds. The van der Waals surface area contributed by atoms with E-state index in [9.17, 15) is 0 Å². The van der Waals surface area contributed by atoms with Gasteiger partial charge < -0.3 is 10.1 Å². The van der Waals surface area contributed by atoms with Gasteiger partial charge in [0.15, 0.2) is 0 Å². The zero-order chi connectivity index (χ0) is 14.0. The molecule has 0 saturated carbocycles. The average Bonchev–Trinajstić information content (AvgIpc) is 2.79. The van der Waals surface area contributed by atoms with Crippen molar-refractivity contribution < 1.29 is 4.74 Å². The lowest BCUT2D eigenvalue weighted by Gasteiger charge is -2.17. The van der Waals surface area contributed by atoms with Crippen molar-refractivity contribution >= 4 is 48.9 Å². The molecule has 0 bridgehead atoms. The fourth-order valence-electron chi connectivity index (χ4n) is 1.82. The predicted octanol–water partition coefficient (Wildman–Crippen LogP) is 5.16. The molecule has 6 heteroatoms. The van der Waals surface area contributed by atoms with Gasteiger partial charge in [-0.3, -0.25) is 0 Å². The molecule has 1 N–H and O–H groups in total. The third-order valence-corrected chi connectivity index (χ3v) is 5.18. The van der Waals surface area contributed by atoms with E-state index in [2.05, 4.69) is 49.1 Å². The second-order valence-electron chi connectivity index (χ2n) is 4.13. The van der Waals surface area contributed by atoms with Crippen LogP contribution in [0.3, 0.4) is 0 Å². The lowest BCUT2D eigenvalue weighted by Crippen LogP contribution is -2.07. The maximum Gasteiger partial charge on any atom is 0.135 e. The van der Waals surface area contributed by atoms with Crippen LogP contribution in [0.15, 0.2) is 26.6 Å². The SMILES string of the molecule is COc1cc(NC(C)c2scnc2C)c(Br)cc1Br. The molecule has 0 spiro atoms. The molecule has 1 heterocycles. The van der Waals surface area contributed by atoms with Crippen LogP contribution in [0.25, 0.3) is 0 Å². The fourth-order valence-corrected chi connectivity index (χ4v) is 3.90. The summed E-state index contributed by atoms with van der Waals surface area (Å²) < 4.78 is 7.24. The summed E-state index contributed by atoms with van der Waals surface area (Å²) in [4.78, 5) is 5.53. The van der Waals surface area contributed by atoms with Crippen LogP contribution in [-0.4, -0.2) is 12.1 Å². The maximum absolute atomic E-state index is 5.32. The number of rotatable bonds is 4. The third kappa shape index (κ3) is 3.30. The standard InChI is InChI=1S/C13H14Br2N2OS/c1-7-13(19-6-16-7)8(2)17-11-5-12(18-3)10(15)4-9(11)14/h4-6,8,17H,1-3H3. The summed E-state index contributed by atoms with van der Waals surface area (Å²) in [6, 6.07) is 4.16. The van der Waals surface area contributed by atoms with Crippen LogP contribution in [0.1, 0.15) is 23.5 Å². The Labute approximate surface area is 133 Å². The number of nitrogens with zero attached hydrogens (tertiary/aromatic N) is 1. The van der Waals surface area contributed by atoms with Crippen molar-refractivity contribution in [3.05, 3.63) is 37.2 Å². The van der Waals surface area contributed by atoms with Crippen molar-refractivity contribution in [3.8, 4) is 5.75 Å². The predicted molar refractivity (Wildman–Crippen MR) is 87.3 cm³/mol. The monoisotopic (exact) mass is 404 g/mol. The summed E-state index contributed by atoms with van der Waals surface area (Å²) in [5.74, 6) is 0.805. The smallest absolute Gasteiger partial charge is 0.135 e. The first-order valence-electron chi connectivity index (χ1n) is 5.72. The molecule has 19 heavy (non-hydrogen) atoms. The van der Waals surface area contributed by atoms with E-state index in [-0.39, 0.29) is 6.04 Å². The van der Waals surface area contributed by atoms with Crippen LogP contribution >= 0.6 is 43.2 Å². The molecule has 1 atom stereocenters. The van der Waals surface area contributed by atoms with E-state index in [4.69, 9.17) is 4.74 Å². The molecular formula is C13H14Br2N2OS. The normalized spacial score (nSPS) is 12.3. The van der Waals surface area contributed by atoms with Gasteiger partial charge in [-0.2, -0.15) is 0 Å². The van der Waals surface area contributed by atoms with Crippen molar-refractivity contribution in [2.45, 2.75) is 19.9 Å². The Morgan fingerprint density at radius 2 is 2.05 bits per heavy atom. The van der Waals surface area contributed by atoms with E-state index >= 15 is 0 Å². The Morgan fingerprint density at radius 3 is 2.63 bits per heavy atom. The topological polar surface area (TPSA) is 34.1 Å². The van der Waals surface area contributed by atoms with E-state index in [0.717, 1.165) is 26.1 Å². The molecule has 102 valence electrons. The molecule has 0 aliphatic rings. The van der Waals surface area contributed by atoms with Gasteiger partial charge in [-0.05, 0) is 51.8 Å². The van der Waals surface area contributed by atoms with Crippen molar-refractivity contribution in [1.29, 1.82) is 0 Å². The van der Waals surface area contributed by atoms with Crippen molar-refractivity contribution in [2.75, 3.05) is 12.4 Å². The number of aromatic nitrogens is 1. The number of ether oxygens (including phenoxy) is 1. The second kappa shape index (κ2) is 6.24. The zero-order valence-electron chi connectivity index (χ0n) is 10.8. The van der Waals surface area contributed by atoms with Crippen LogP contribution in [0.4, 0.5) is 5.69 Å². The third-order valence-electron chi connectivity index (χ3n) is 2.79. The Balaban J connectivity index is 2.26. The molecule has 3 nitrogen and oxygen atoms in total. The summed E-state index contributed by atoms with van der Waals surface area (Å²) in [5, 5.41) is 3.48. The van der Waals surface area contributed by atoms with Crippen molar-refractivity contribution in [1.82, 2.24) is 4.98 Å². The van der Waals surface area contributed by atoms with Crippen LogP contribution < -0.4 is 10.1 Å². The highest BCUT2D eigenvalue weighted by atomic mass is 79.9. The first-order chi connectivity index (χ1) is 9.02. The summed E-state index contributed by atoms with van der Waals surface area (Å²) in [7, 11) is 1.66. The number of nitrogens with one attached hydrogen (secondary N) is 1. The van der Waals surface area contributed by atoms with Crippen LogP contribution in [0.5, 0.6) is 5.75 Å². The minimum Gasteiger partial charge on any atom is -0.495 e. The van der Waals surface area contributed by atoms with E-state index in [0.29, 0.717) is 0 Å². The molecule has 1 aromatic heterocycles. The number of hydrogen-bond acceptors (Lipinski definition) is 4. The largest absolute Gasteiger partial charge is 0.495 e. The van der Waals surface area contributed by atoms with Crippen LogP contribution in [0, 0.1) is 6.92 Å². The number of halogens is 2. The molecule has 0 fully saturated rings. The highest BCUT2D eigenvalue weighted by molar-refractivity contribution is 9.11. The maximum atomic E-state index is 5.32. The molecule has 1 aromatic carbocycles. The highest BCUT2D eigenvalue weighted by Crippen LogP contribution is 2.36. The molecule has 0 radical (unpaired) electrons. The Kier molecular flexibility index (Phi) is 4.86. The summed E-state index contributed by atoms with van der Waals surface area (Å²) >= 11 is 8.69. The number of thiazole rings is 1. The van der Waals surface area contributed by atoms with Gasteiger partial charge >= 0.3 is 0 Å². The quantitative estimate of drug-likeness (QED) is 0.762. The first-order valence-corrected chi connectivity index (χ1v) is 8.19. The summed E-state index contributed by atoms with van der Waals surface area (Å²) in [6.45, 7) is 4.16. The van der Waals surface area contributed by atoms with Crippen LogP contribution in [-0.2, 0) is 0 Å². The number of anilines is 1. The van der Waals surface area contributed by atoms with Gasteiger partial charge in [0.25, 0.3) is 0 Å². The van der Waals surface area contributed by atoms with Gasteiger partial charge in [0.05, 0.1) is 34.5 Å². The molecule has 0 aliphatic carbocycles. The number of hydrogen-bond donors (Lipinski definition) is 1. The van der Waals surface area contributed by atoms with Crippen LogP contribution in [0.2, 0.25) is 0 Å². The average molecular weight is 406 g/mol. The van der Waals surface area contributed by atoms with Gasteiger partial charge in [0.1, 0.15) is 5.75 Å². The van der Waals surface area contributed by atoms with Crippen molar-refractivity contribution in [3.63, 3.8) is 0 Å². The van der Waals surface area contributed by atoms with E-state index < -0.39 is 0 Å². The van der Waals surface area contributed by atoms with E-state index in [1.54, 1.807) is 18.4 Å². The minimum absolute atomic E-state index is 0.203. The Morgan fingerprint density at radius 1 is 1.32 bits per heavy atom.